The molecule has 1 aromatic carbocycles. The molecule has 1 heterocycles. The molecule has 2 rings (SSSR count). The molecule has 0 saturated carbocycles. The lowest BCUT2D eigenvalue weighted by Crippen LogP contribution is -2.33. The first-order valence-corrected chi connectivity index (χ1v) is 7.11. The van der Waals surface area contributed by atoms with Crippen LogP contribution in [0.5, 0.6) is 0 Å². The summed E-state index contributed by atoms with van der Waals surface area (Å²) in [5.74, 6) is 0.0430. The van der Waals surface area contributed by atoms with E-state index in [1.807, 2.05) is 30.3 Å². The molecule has 4 heteroatoms. The molecule has 4 nitrogen and oxygen atoms in total. The molecule has 0 unspecified atom stereocenters. The smallest absolute Gasteiger partial charge is 0.224 e. The Morgan fingerprint density at radius 1 is 1.15 bits per heavy atom. The van der Waals surface area contributed by atoms with Crippen LogP contribution in [0, 0.1) is 0 Å². The number of carbonyl (C=O) groups is 1. The summed E-state index contributed by atoms with van der Waals surface area (Å²) in [5.41, 5.74) is 1.89. The summed E-state index contributed by atoms with van der Waals surface area (Å²) in [4.78, 5) is 16.3. The third-order valence-corrected chi connectivity index (χ3v) is 3.12. The van der Waals surface area contributed by atoms with Gasteiger partial charge in [-0.1, -0.05) is 31.2 Å². The highest BCUT2D eigenvalue weighted by atomic mass is 16.1. The van der Waals surface area contributed by atoms with Gasteiger partial charge in [0.25, 0.3) is 0 Å². The number of benzene rings is 1. The number of hydrogen-bond donors (Lipinski definition) is 2. The van der Waals surface area contributed by atoms with E-state index in [4.69, 9.17) is 0 Å². The maximum absolute atomic E-state index is 11.9. The second-order valence-electron chi connectivity index (χ2n) is 4.77. The second kappa shape index (κ2) is 7.60. The number of amides is 1. The molecular formula is C16H21N3O. The van der Waals surface area contributed by atoms with Crippen LogP contribution in [0.3, 0.4) is 0 Å². The Balaban J connectivity index is 1.90. The van der Waals surface area contributed by atoms with Gasteiger partial charge in [-0.25, -0.2) is 0 Å². The minimum absolute atomic E-state index is 0.0430. The Bertz CT molecular complexity index is 563. The zero-order valence-electron chi connectivity index (χ0n) is 11.9. The molecular weight excluding hydrogens is 250 g/mol. The van der Waals surface area contributed by atoms with E-state index in [0.29, 0.717) is 13.0 Å². The highest BCUT2D eigenvalue weighted by Crippen LogP contribution is 2.16. The molecule has 0 bridgehead atoms. The number of carbonyl (C=O) groups excluding carboxylic acids is 1. The quantitative estimate of drug-likeness (QED) is 0.756. The fourth-order valence-electron chi connectivity index (χ4n) is 2.14. The van der Waals surface area contributed by atoms with Gasteiger partial charge in [-0.2, -0.15) is 0 Å². The monoisotopic (exact) mass is 271 g/mol. The first kappa shape index (κ1) is 14.5. The molecule has 0 aliphatic rings. The molecule has 0 aliphatic heterocycles. The van der Waals surface area contributed by atoms with Crippen molar-refractivity contribution in [1.82, 2.24) is 15.6 Å². The molecule has 0 saturated heterocycles. The van der Waals surface area contributed by atoms with Crippen molar-refractivity contribution in [2.75, 3.05) is 19.6 Å². The third-order valence-electron chi connectivity index (χ3n) is 3.12. The maximum Gasteiger partial charge on any atom is 0.224 e. The van der Waals surface area contributed by atoms with Gasteiger partial charge in [0.1, 0.15) is 0 Å². The summed E-state index contributed by atoms with van der Waals surface area (Å²) < 4.78 is 0. The molecule has 0 radical (unpaired) electrons. The average Bonchev–Trinajstić information content (AvgIpc) is 2.47. The average molecular weight is 271 g/mol. The summed E-state index contributed by atoms with van der Waals surface area (Å²) in [6, 6.07) is 9.86. The predicted octanol–water partition coefficient (Wildman–Crippen LogP) is 1.89. The zero-order chi connectivity index (χ0) is 14.2. The normalized spacial score (nSPS) is 10.7. The van der Waals surface area contributed by atoms with E-state index in [0.717, 1.165) is 36.0 Å². The Hall–Kier alpha value is -1.94. The summed E-state index contributed by atoms with van der Waals surface area (Å²) in [6.07, 6.45) is 3.25. The molecule has 20 heavy (non-hydrogen) atoms. The van der Waals surface area contributed by atoms with E-state index in [1.54, 1.807) is 6.20 Å². The van der Waals surface area contributed by atoms with Gasteiger partial charge in [-0.05, 0) is 24.6 Å². The van der Waals surface area contributed by atoms with Gasteiger partial charge in [0.05, 0.1) is 11.9 Å². The summed E-state index contributed by atoms with van der Waals surface area (Å²) in [5, 5.41) is 7.25. The molecule has 2 aromatic rings. The minimum Gasteiger partial charge on any atom is -0.355 e. The molecule has 106 valence electrons. The molecule has 1 amide bonds. The Morgan fingerprint density at radius 3 is 2.85 bits per heavy atom. The van der Waals surface area contributed by atoms with Gasteiger partial charge in [-0.3, -0.25) is 9.78 Å². The highest BCUT2D eigenvalue weighted by Gasteiger charge is 2.06. The van der Waals surface area contributed by atoms with Gasteiger partial charge < -0.3 is 10.6 Å². The lowest BCUT2D eigenvalue weighted by atomic mass is 10.1. The highest BCUT2D eigenvalue weighted by molar-refractivity contribution is 5.87. The van der Waals surface area contributed by atoms with Crippen LogP contribution < -0.4 is 10.6 Å². The summed E-state index contributed by atoms with van der Waals surface area (Å²) in [7, 11) is 0. The van der Waals surface area contributed by atoms with Crippen molar-refractivity contribution in [3.8, 4) is 0 Å². The predicted molar refractivity (Wildman–Crippen MR) is 81.6 cm³/mol. The Kier molecular flexibility index (Phi) is 5.50. The van der Waals surface area contributed by atoms with Crippen molar-refractivity contribution in [3.63, 3.8) is 0 Å². The molecule has 0 spiro atoms. The fourth-order valence-corrected chi connectivity index (χ4v) is 2.14. The zero-order valence-corrected chi connectivity index (χ0v) is 11.9. The number of fused-ring (bicyclic) bond motifs is 1. The van der Waals surface area contributed by atoms with Crippen molar-refractivity contribution in [3.05, 3.63) is 42.1 Å². The van der Waals surface area contributed by atoms with Crippen LogP contribution in [0.25, 0.3) is 10.9 Å². The number of rotatable bonds is 7. The van der Waals surface area contributed by atoms with Crippen molar-refractivity contribution in [2.24, 2.45) is 0 Å². The number of hydrogen-bond acceptors (Lipinski definition) is 3. The first-order valence-electron chi connectivity index (χ1n) is 7.11. The summed E-state index contributed by atoms with van der Waals surface area (Å²) in [6.45, 7) is 4.59. The topological polar surface area (TPSA) is 54.0 Å². The Labute approximate surface area is 119 Å². The second-order valence-corrected chi connectivity index (χ2v) is 4.77. The Morgan fingerprint density at radius 2 is 2.00 bits per heavy atom. The fraction of sp³-hybridized carbons (Fsp3) is 0.375. The van der Waals surface area contributed by atoms with Crippen LogP contribution >= 0.6 is 0 Å². The van der Waals surface area contributed by atoms with E-state index in [1.165, 1.54) is 0 Å². The van der Waals surface area contributed by atoms with Crippen LogP contribution in [0.15, 0.2) is 36.5 Å². The standard InChI is InChI=1S/C16H21N3O/c1-2-8-17-10-11-18-15(20)12-14-6-3-5-13-7-4-9-19-16(13)14/h3-7,9,17H,2,8,10-12H2,1H3,(H,18,20). The number of nitrogens with one attached hydrogen (secondary N) is 2. The lowest BCUT2D eigenvalue weighted by Gasteiger charge is -2.07. The van der Waals surface area contributed by atoms with Gasteiger partial charge in [0.15, 0.2) is 0 Å². The van der Waals surface area contributed by atoms with Crippen LogP contribution in [0.4, 0.5) is 0 Å². The van der Waals surface area contributed by atoms with Crippen LogP contribution in [-0.2, 0) is 11.2 Å². The molecule has 0 atom stereocenters. The van der Waals surface area contributed by atoms with Crippen molar-refractivity contribution < 1.29 is 4.79 Å². The van der Waals surface area contributed by atoms with Gasteiger partial charge >= 0.3 is 0 Å². The minimum atomic E-state index is 0.0430. The van der Waals surface area contributed by atoms with Crippen LogP contribution in [0.2, 0.25) is 0 Å². The van der Waals surface area contributed by atoms with E-state index >= 15 is 0 Å². The lowest BCUT2D eigenvalue weighted by molar-refractivity contribution is -0.120. The number of nitrogens with zero attached hydrogens (tertiary/aromatic N) is 1. The number of aromatic nitrogens is 1. The number of pyridine rings is 1. The third kappa shape index (κ3) is 4.03. The van der Waals surface area contributed by atoms with Crippen molar-refractivity contribution >= 4 is 16.8 Å². The van der Waals surface area contributed by atoms with Gasteiger partial charge in [-0.15, -0.1) is 0 Å². The van der Waals surface area contributed by atoms with Gasteiger partial charge in [0.2, 0.25) is 5.91 Å². The first-order chi connectivity index (χ1) is 9.81. The summed E-state index contributed by atoms with van der Waals surface area (Å²) >= 11 is 0. The molecule has 0 aliphatic carbocycles. The number of para-hydroxylation sites is 1. The van der Waals surface area contributed by atoms with E-state index in [2.05, 4.69) is 22.5 Å². The van der Waals surface area contributed by atoms with Crippen LogP contribution in [-0.4, -0.2) is 30.5 Å². The molecule has 0 fully saturated rings. The van der Waals surface area contributed by atoms with Crippen molar-refractivity contribution in [1.29, 1.82) is 0 Å². The molecule has 2 N–H and O–H groups in total. The largest absolute Gasteiger partial charge is 0.355 e. The maximum atomic E-state index is 11.9. The van der Waals surface area contributed by atoms with Crippen molar-refractivity contribution in [2.45, 2.75) is 19.8 Å². The SMILES string of the molecule is CCCNCCNC(=O)Cc1cccc2cccnc12. The van der Waals surface area contributed by atoms with E-state index in [-0.39, 0.29) is 5.91 Å². The van der Waals surface area contributed by atoms with Gasteiger partial charge in [0, 0.05) is 24.7 Å². The molecule has 1 aromatic heterocycles. The van der Waals surface area contributed by atoms with Crippen LogP contribution in [0.1, 0.15) is 18.9 Å². The van der Waals surface area contributed by atoms with E-state index < -0.39 is 0 Å². The van der Waals surface area contributed by atoms with E-state index in [9.17, 15) is 4.79 Å².